The first-order valence-corrected chi connectivity index (χ1v) is 7.75. The van der Waals surface area contributed by atoms with E-state index in [1.165, 1.54) is 18.4 Å². The van der Waals surface area contributed by atoms with Gasteiger partial charge in [-0.3, -0.25) is 0 Å². The molecule has 20 heavy (non-hydrogen) atoms. The molecule has 1 aliphatic carbocycles. The van der Waals surface area contributed by atoms with Crippen molar-refractivity contribution in [3.63, 3.8) is 0 Å². The second kappa shape index (κ2) is 7.09. The minimum Gasteiger partial charge on any atom is -0.494 e. The Labute approximate surface area is 122 Å². The molecule has 2 atom stereocenters. The van der Waals surface area contributed by atoms with E-state index in [1.54, 1.807) is 0 Å². The van der Waals surface area contributed by atoms with E-state index >= 15 is 0 Å². The smallest absolute Gasteiger partial charge is 0.119 e. The molecule has 0 heterocycles. The molecule has 0 spiro atoms. The summed E-state index contributed by atoms with van der Waals surface area (Å²) < 4.78 is 5.88. The third kappa shape index (κ3) is 3.33. The highest BCUT2D eigenvalue weighted by atomic mass is 16.5. The Morgan fingerprint density at radius 1 is 1.45 bits per heavy atom. The maximum absolute atomic E-state index is 9.67. The van der Waals surface area contributed by atoms with Gasteiger partial charge in [0.25, 0.3) is 0 Å². The van der Waals surface area contributed by atoms with Crippen molar-refractivity contribution in [1.29, 1.82) is 0 Å². The number of rotatable bonds is 7. The van der Waals surface area contributed by atoms with Gasteiger partial charge in [-0.25, -0.2) is 0 Å². The number of ether oxygens (including phenoxy) is 1. The fraction of sp³-hybridized carbons (Fsp3) is 0.647. The van der Waals surface area contributed by atoms with Crippen LogP contribution in [0.3, 0.4) is 0 Å². The van der Waals surface area contributed by atoms with Crippen molar-refractivity contribution in [2.45, 2.75) is 44.6 Å². The van der Waals surface area contributed by atoms with Crippen molar-refractivity contribution >= 4 is 0 Å². The van der Waals surface area contributed by atoms with Crippen molar-refractivity contribution in [3.05, 3.63) is 29.8 Å². The molecule has 1 fully saturated rings. The summed E-state index contributed by atoms with van der Waals surface area (Å²) in [5.74, 6) is 1.47. The average molecular weight is 277 g/mol. The monoisotopic (exact) mass is 277 g/mol. The fourth-order valence-electron chi connectivity index (χ4n) is 3.36. The van der Waals surface area contributed by atoms with Crippen molar-refractivity contribution in [1.82, 2.24) is 5.32 Å². The number of benzene rings is 1. The Morgan fingerprint density at radius 2 is 2.30 bits per heavy atom. The molecule has 1 saturated carbocycles. The van der Waals surface area contributed by atoms with Gasteiger partial charge >= 0.3 is 0 Å². The van der Waals surface area contributed by atoms with Gasteiger partial charge < -0.3 is 15.2 Å². The van der Waals surface area contributed by atoms with Crippen LogP contribution in [0, 0.1) is 5.92 Å². The van der Waals surface area contributed by atoms with Crippen LogP contribution in [0.1, 0.15) is 38.2 Å². The van der Waals surface area contributed by atoms with Gasteiger partial charge in [-0.1, -0.05) is 25.5 Å². The molecule has 1 aromatic rings. The number of hydrogen-bond donors (Lipinski definition) is 2. The number of likely N-dealkylation sites (N-methyl/N-ethyl adjacent to an activating group) is 1. The van der Waals surface area contributed by atoms with Gasteiger partial charge in [0.15, 0.2) is 0 Å². The van der Waals surface area contributed by atoms with Crippen molar-refractivity contribution < 1.29 is 9.84 Å². The Bertz CT molecular complexity index is 415. The van der Waals surface area contributed by atoms with Crippen LogP contribution in [-0.2, 0) is 6.42 Å². The van der Waals surface area contributed by atoms with Gasteiger partial charge in [-0.15, -0.1) is 0 Å². The first-order chi connectivity index (χ1) is 9.74. The zero-order valence-electron chi connectivity index (χ0n) is 12.7. The lowest BCUT2D eigenvalue weighted by atomic mass is 9.86. The van der Waals surface area contributed by atoms with Crippen LogP contribution in [0.15, 0.2) is 24.3 Å². The summed E-state index contributed by atoms with van der Waals surface area (Å²) in [6.07, 6.45) is 5.47. The van der Waals surface area contributed by atoms with Gasteiger partial charge in [-0.2, -0.15) is 0 Å². The van der Waals surface area contributed by atoms with E-state index in [2.05, 4.69) is 30.4 Å². The number of aliphatic hydroxyl groups excluding tert-OH is 1. The topological polar surface area (TPSA) is 41.5 Å². The van der Waals surface area contributed by atoms with Crippen molar-refractivity contribution in [2.75, 3.05) is 20.3 Å². The van der Waals surface area contributed by atoms with Crippen LogP contribution in [0.25, 0.3) is 0 Å². The normalized spacial score (nSPS) is 25.9. The van der Waals surface area contributed by atoms with Gasteiger partial charge in [0.2, 0.25) is 0 Å². The lowest BCUT2D eigenvalue weighted by Gasteiger charge is -2.33. The lowest BCUT2D eigenvalue weighted by Crippen LogP contribution is -2.49. The molecule has 0 radical (unpaired) electrons. The van der Waals surface area contributed by atoms with Crippen LogP contribution in [0.5, 0.6) is 5.75 Å². The average Bonchev–Trinajstić information content (AvgIpc) is 2.91. The Balaban J connectivity index is 1.86. The SMILES string of the molecule is CCc1cccc(OCCC2CCCC2(CO)NC)c1. The fourth-order valence-corrected chi connectivity index (χ4v) is 3.36. The third-order valence-corrected chi connectivity index (χ3v) is 4.78. The van der Waals surface area contributed by atoms with Crippen molar-refractivity contribution in [2.24, 2.45) is 5.92 Å². The van der Waals surface area contributed by atoms with Crippen LogP contribution in [-0.4, -0.2) is 30.9 Å². The van der Waals surface area contributed by atoms with E-state index in [9.17, 15) is 5.11 Å². The third-order valence-electron chi connectivity index (χ3n) is 4.78. The maximum atomic E-state index is 9.67. The van der Waals surface area contributed by atoms with Crippen LogP contribution < -0.4 is 10.1 Å². The quantitative estimate of drug-likeness (QED) is 0.805. The Morgan fingerprint density at radius 3 is 3.00 bits per heavy atom. The summed E-state index contributed by atoms with van der Waals surface area (Å²) in [6, 6.07) is 8.31. The predicted molar refractivity (Wildman–Crippen MR) is 82.1 cm³/mol. The molecule has 1 aromatic carbocycles. The highest BCUT2D eigenvalue weighted by Gasteiger charge is 2.40. The minimum atomic E-state index is -0.0887. The second-order valence-corrected chi connectivity index (χ2v) is 5.79. The van der Waals surface area contributed by atoms with Crippen molar-refractivity contribution in [3.8, 4) is 5.75 Å². The molecule has 0 aromatic heterocycles. The van der Waals surface area contributed by atoms with E-state index in [-0.39, 0.29) is 12.1 Å². The van der Waals surface area contributed by atoms with E-state index in [1.807, 2.05) is 13.1 Å². The molecule has 112 valence electrons. The molecule has 2 rings (SSSR count). The van der Waals surface area contributed by atoms with Gasteiger partial charge in [0.1, 0.15) is 5.75 Å². The number of aliphatic hydroxyl groups is 1. The molecule has 0 amide bonds. The highest BCUT2D eigenvalue weighted by molar-refractivity contribution is 5.28. The highest BCUT2D eigenvalue weighted by Crippen LogP contribution is 2.37. The molecule has 2 N–H and O–H groups in total. The molecule has 0 saturated heterocycles. The summed E-state index contributed by atoms with van der Waals surface area (Å²) in [6.45, 7) is 3.10. The largest absolute Gasteiger partial charge is 0.494 e. The summed E-state index contributed by atoms with van der Waals surface area (Å²) in [5.41, 5.74) is 1.22. The molecule has 2 unspecified atom stereocenters. The summed E-state index contributed by atoms with van der Waals surface area (Å²) >= 11 is 0. The first-order valence-electron chi connectivity index (χ1n) is 7.75. The predicted octanol–water partition coefficient (Wildman–Crippen LogP) is 2.77. The van der Waals surface area contributed by atoms with Crippen LogP contribution >= 0.6 is 0 Å². The minimum absolute atomic E-state index is 0.0887. The molecule has 0 aliphatic heterocycles. The molecule has 0 bridgehead atoms. The Hall–Kier alpha value is -1.06. The van der Waals surface area contributed by atoms with E-state index in [0.29, 0.717) is 5.92 Å². The summed E-state index contributed by atoms with van der Waals surface area (Å²) in [4.78, 5) is 0. The number of aryl methyl sites for hydroxylation is 1. The van der Waals surface area contributed by atoms with Gasteiger partial charge in [-0.05, 0) is 56.3 Å². The number of nitrogens with one attached hydrogen (secondary N) is 1. The van der Waals surface area contributed by atoms with E-state index in [4.69, 9.17) is 4.74 Å². The van der Waals surface area contributed by atoms with Gasteiger partial charge in [0.05, 0.1) is 13.2 Å². The van der Waals surface area contributed by atoms with Gasteiger partial charge in [0, 0.05) is 5.54 Å². The maximum Gasteiger partial charge on any atom is 0.119 e. The van der Waals surface area contributed by atoms with Crippen LogP contribution in [0.4, 0.5) is 0 Å². The second-order valence-electron chi connectivity index (χ2n) is 5.79. The molecule has 3 heteroatoms. The van der Waals surface area contributed by atoms with E-state index in [0.717, 1.165) is 31.6 Å². The standard InChI is InChI=1S/C17H27NO2/c1-3-14-6-4-8-16(12-14)20-11-9-15-7-5-10-17(15,13-19)18-2/h4,6,8,12,15,18-19H,3,5,7,9-11,13H2,1-2H3. The molecule has 3 nitrogen and oxygen atoms in total. The molecule has 1 aliphatic rings. The van der Waals surface area contributed by atoms with E-state index < -0.39 is 0 Å². The molecular formula is C17H27NO2. The molecular weight excluding hydrogens is 250 g/mol. The Kier molecular flexibility index (Phi) is 5.44. The van der Waals surface area contributed by atoms with Crippen LogP contribution in [0.2, 0.25) is 0 Å². The zero-order valence-corrected chi connectivity index (χ0v) is 12.7. The summed E-state index contributed by atoms with van der Waals surface area (Å²) in [7, 11) is 1.96. The summed E-state index contributed by atoms with van der Waals surface area (Å²) in [5, 5.41) is 13.0. The zero-order chi connectivity index (χ0) is 14.4. The number of hydrogen-bond acceptors (Lipinski definition) is 3. The first kappa shape index (κ1) is 15.3. The lowest BCUT2D eigenvalue weighted by molar-refractivity contribution is 0.117.